The van der Waals surface area contributed by atoms with Crippen LogP contribution in [0.4, 0.5) is 9.18 Å². The van der Waals surface area contributed by atoms with Crippen molar-refractivity contribution in [2.75, 3.05) is 20.1 Å². The summed E-state index contributed by atoms with van der Waals surface area (Å²) < 4.78 is 13.6. The van der Waals surface area contributed by atoms with Gasteiger partial charge >= 0.3 is 6.09 Å². The maximum atomic E-state index is 13.6. The number of hydrogen-bond donors (Lipinski definition) is 3. The number of likely N-dealkylation sites (tertiary alicyclic amines) is 2. The summed E-state index contributed by atoms with van der Waals surface area (Å²) in [5.41, 5.74) is 1.82. The molecular weight excluding hydrogens is 363 g/mol. The first-order valence-corrected chi connectivity index (χ1v) is 9.67. The molecule has 0 spiro atoms. The van der Waals surface area contributed by atoms with Crippen molar-refractivity contribution in [3.8, 4) is 0 Å². The third kappa shape index (κ3) is 3.01. The van der Waals surface area contributed by atoms with Gasteiger partial charge in [-0.1, -0.05) is 6.92 Å². The van der Waals surface area contributed by atoms with Crippen LogP contribution in [0.5, 0.6) is 0 Å². The van der Waals surface area contributed by atoms with Gasteiger partial charge in [0.1, 0.15) is 11.9 Å². The lowest BCUT2D eigenvalue weighted by molar-refractivity contribution is -0.134. The molecule has 28 heavy (non-hydrogen) atoms. The molecule has 7 nitrogen and oxygen atoms in total. The Kier molecular flexibility index (Phi) is 4.74. The summed E-state index contributed by atoms with van der Waals surface area (Å²) in [5, 5.41) is 12.4. The van der Waals surface area contributed by atoms with Crippen LogP contribution in [0.3, 0.4) is 0 Å². The molecule has 2 aliphatic rings. The molecule has 8 heteroatoms. The highest BCUT2D eigenvalue weighted by atomic mass is 19.1. The zero-order valence-electron chi connectivity index (χ0n) is 16.0. The van der Waals surface area contributed by atoms with Crippen LogP contribution < -0.4 is 5.32 Å². The van der Waals surface area contributed by atoms with Crippen molar-refractivity contribution in [1.29, 1.82) is 0 Å². The van der Waals surface area contributed by atoms with Gasteiger partial charge < -0.3 is 25.2 Å². The number of nitrogens with zero attached hydrogens (tertiary/aromatic N) is 2. The molecule has 2 fully saturated rings. The largest absolute Gasteiger partial charge is 0.465 e. The Hall–Kier alpha value is -2.61. The fraction of sp³-hybridized carbons (Fsp3) is 0.500. The molecule has 4 rings (SSSR count). The number of aromatic nitrogens is 1. The second-order valence-corrected chi connectivity index (χ2v) is 7.77. The molecule has 0 radical (unpaired) electrons. The van der Waals surface area contributed by atoms with Crippen molar-refractivity contribution >= 4 is 22.9 Å². The predicted molar refractivity (Wildman–Crippen MR) is 103 cm³/mol. The second kappa shape index (κ2) is 7.09. The van der Waals surface area contributed by atoms with Crippen LogP contribution in [0.2, 0.25) is 0 Å². The molecule has 1 aromatic carbocycles. The van der Waals surface area contributed by atoms with Gasteiger partial charge in [-0.2, -0.15) is 0 Å². The van der Waals surface area contributed by atoms with Crippen LogP contribution in [0.25, 0.3) is 10.9 Å². The number of rotatable bonds is 4. The minimum atomic E-state index is -1.19. The summed E-state index contributed by atoms with van der Waals surface area (Å²) in [5.74, 6) is -0.364. The van der Waals surface area contributed by atoms with Crippen LogP contribution in [-0.2, 0) is 4.79 Å². The standard InChI is InChI=1S/C20H25FN4O3/c1-3-15(23-20(27)28)19(26)25-7-6-17-18(25)14(10-24(17)2)13-9-22-16-8-11(21)4-5-12(13)16/h4-5,8-9,14-15,17-18,22-23H,3,6-7,10H2,1-2H3,(H,27,28). The number of hydrogen-bond acceptors (Lipinski definition) is 3. The molecule has 2 aromatic rings. The zero-order chi connectivity index (χ0) is 20.0. The molecule has 2 aliphatic heterocycles. The van der Waals surface area contributed by atoms with E-state index >= 15 is 0 Å². The lowest BCUT2D eigenvalue weighted by Gasteiger charge is -2.31. The second-order valence-electron chi connectivity index (χ2n) is 7.77. The third-order valence-corrected chi connectivity index (χ3v) is 6.25. The highest BCUT2D eigenvalue weighted by molar-refractivity contribution is 5.87. The number of H-pyrrole nitrogens is 1. The van der Waals surface area contributed by atoms with Crippen LogP contribution in [0.15, 0.2) is 24.4 Å². The van der Waals surface area contributed by atoms with Gasteiger partial charge in [-0.3, -0.25) is 4.79 Å². The topological polar surface area (TPSA) is 88.7 Å². The molecule has 4 unspecified atom stereocenters. The molecular formula is C20H25FN4O3. The number of carbonyl (C=O) groups is 2. The van der Waals surface area contributed by atoms with Crippen LogP contribution in [0, 0.1) is 5.82 Å². The Morgan fingerprint density at radius 3 is 2.93 bits per heavy atom. The molecule has 0 bridgehead atoms. The van der Waals surface area contributed by atoms with Crippen molar-refractivity contribution in [1.82, 2.24) is 20.1 Å². The van der Waals surface area contributed by atoms with E-state index in [1.165, 1.54) is 12.1 Å². The Bertz CT molecular complexity index is 914. The Labute approximate surface area is 162 Å². The number of carbonyl (C=O) groups excluding carboxylic acids is 1. The van der Waals surface area contributed by atoms with Crippen molar-refractivity contribution in [3.05, 3.63) is 35.8 Å². The molecule has 2 saturated heterocycles. The monoisotopic (exact) mass is 388 g/mol. The molecule has 3 heterocycles. The van der Waals surface area contributed by atoms with Gasteiger partial charge in [-0.25, -0.2) is 9.18 Å². The Morgan fingerprint density at radius 2 is 2.21 bits per heavy atom. The average Bonchev–Trinajstić information content (AvgIpc) is 3.34. The lowest BCUT2D eigenvalue weighted by atomic mass is 9.91. The number of fused-ring (bicyclic) bond motifs is 2. The van der Waals surface area contributed by atoms with Gasteiger partial charge in [0.2, 0.25) is 5.91 Å². The van der Waals surface area contributed by atoms with E-state index in [-0.39, 0.29) is 29.7 Å². The summed E-state index contributed by atoms with van der Waals surface area (Å²) in [6, 6.07) is 4.20. The summed E-state index contributed by atoms with van der Waals surface area (Å²) in [7, 11) is 2.06. The number of nitrogens with one attached hydrogen (secondary N) is 2. The van der Waals surface area contributed by atoms with Crippen molar-refractivity contribution in [2.45, 2.75) is 43.8 Å². The maximum absolute atomic E-state index is 13.6. The minimum Gasteiger partial charge on any atom is -0.465 e. The first kappa shape index (κ1) is 18.7. The van der Waals surface area contributed by atoms with Gasteiger partial charge in [-0.05, 0) is 43.7 Å². The quantitative estimate of drug-likeness (QED) is 0.750. The van der Waals surface area contributed by atoms with E-state index in [1.807, 2.05) is 11.1 Å². The number of benzene rings is 1. The van der Waals surface area contributed by atoms with Gasteiger partial charge in [0.05, 0.1) is 6.04 Å². The summed E-state index contributed by atoms with van der Waals surface area (Å²) in [4.78, 5) is 31.5. The number of carboxylic acid groups (broad SMARTS) is 1. The van der Waals surface area contributed by atoms with Crippen molar-refractivity contribution < 1.29 is 19.1 Å². The van der Waals surface area contributed by atoms with E-state index in [2.05, 4.69) is 22.2 Å². The molecule has 1 aromatic heterocycles. The fourth-order valence-corrected chi connectivity index (χ4v) is 4.97. The highest BCUT2D eigenvalue weighted by Crippen LogP contribution is 2.42. The van der Waals surface area contributed by atoms with E-state index < -0.39 is 12.1 Å². The average molecular weight is 388 g/mol. The van der Waals surface area contributed by atoms with E-state index in [4.69, 9.17) is 5.11 Å². The Balaban J connectivity index is 1.67. The van der Waals surface area contributed by atoms with Gasteiger partial charge in [0.15, 0.2) is 0 Å². The molecule has 2 amide bonds. The first-order chi connectivity index (χ1) is 13.4. The molecule has 0 saturated carbocycles. The van der Waals surface area contributed by atoms with Gasteiger partial charge in [0, 0.05) is 42.1 Å². The van der Waals surface area contributed by atoms with Gasteiger partial charge in [-0.15, -0.1) is 0 Å². The summed E-state index contributed by atoms with van der Waals surface area (Å²) in [6.45, 7) is 3.22. The third-order valence-electron chi connectivity index (χ3n) is 6.25. The number of halogens is 1. The SMILES string of the molecule is CCC(NC(=O)O)C(=O)N1CCC2C1C(c1c[nH]c3cc(F)ccc13)CN2C. The van der Waals surface area contributed by atoms with Crippen molar-refractivity contribution in [3.63, 3.8) is 0 Å². The van der Waals surface area contributed by atoms with Crippen LogP contribution in [-0.4, -0.2) is 70.2 Å². The number of likely N-dealkylation sites (N-methyl/N-ethyl adjacent to an activating group) is 1. The summed E-state index contributed by atoms with van der Waals surface area (Å²) in [6.07, 6.45) is 2.00. The minimum absolute atomic E-state index is 0.0220. The zero-order valence-corrected chi connectivity index (χ0v) is 16.0. The number of amides is 2. The van der Waals surface area contributed by atoms with Crippen LogP contribution in [0.1, 0.15) is 31.2 Å². The molecule has 4 atom stereocenters. The molecule has 0 aliphatic carbocycles. The smallest absolute Gasteiger partial charge is 0.405 e. The number of aromatic amines is 1. The predicted octanol–water partition coefficient (Wildman–Crippen LogP) is 2.35. The molecule has 150 valence electrons. The highest BCUT2D eigenvalue weighted by Gasteiger charge is 2.50. The summed E-state index contributed by atoms with van der Waals surface area (Å²) >= 11 is 0. The fourth-order valence-electron chi connectivity index (χ4n) is 4.97. The lowest BCUT2D eigenvalue weighted by Crippen LogP contribution is -2.51. The van der Waals surface area contributed by atoms with Crippen molar-refractivity contribution in [2.24, 2.45) is 0 Å². The normalized spacial score (nSPS) is 25.8. The first-order valence-electron chi connectivity index (χ1n) is 9.67. The maximum Gasteiger partial charge on any atom is 0.405 e. The molecule has 3 N–H and O–H groups in total. The van der Waals surface area contributed by atoms with E-state index in [9.17, 15) is 14.0 Å². The van der Waals surface area contributed by atoms with Crippen LogP contribution >= 0.6 is 0 Å². The van der Waals surface area contributed by atoms with E-state index in [0.717, 1.165) is 29.4 Å². The van der Waals surface area contributed by atoms with Gasteiger partial charge in [0.25, 0.3) is 0 Å². The Morgan fingerprint density at radius 1 is 1.43 bits per heavy atom. The van der Waals surface area contributed by atoms with E-state index in [1.54, 1.807) is 13.0 Å². The van der Waals surface area contributed by atoms with E-state index in [0.29, 0.717) is 13.0 Å².